The Balaban J connectivity index is 2.93. The summed E-state index contributed by atoms with van der Waals surface area (Å²) in [7, 11) is 1.29. The van der Waals surface area contributed by atoms with Crippen molar-refractivity contribution in [2.45, 2.75) is 43.3 Å². The average Bonchev–Trinajstić information content (AvgIpc) is 2.41. The van der Waals surface area contributed by atoms with E-state index in [0.29, 0.717) is 16.9 Å². The minimum atomic E-state index is -1.51. The normalized spacial score (nSPS) is 13.9. The molecule has 0 spiro atoms. The van der Waals surface area contributed by atoms with E-state index in [4.69, 9.17) is 4.74 Å². The van der Waals surface area contributed by atoms with E-state index < -0.39 is 22.4 Å². The van der Waals surface area contributed by atoms with Crippen molar-refractivity contribution in [1.82, 2.24) is 0 Å². The first-order valence-electron chi connectivity index (χ1n) is 6.25. The molecule has 0 radical (unpaired) electrons. The van der Waals surface area contributed by atoms with Gasteiger partial charge in [0, 0.05) is 6.42 Å². The average molecular weight is 286 g/mol. The lowest BCUT2D eigenvalue weighted by Crippen LogP contribution is -2.31. The predicted molar refractivity (Wildman–Crippen MR) is 72.9 cm³/mol. The Labute approximate surface area is 116 Å². The monoisotopic (exact) mass is 286 g/mol. The highest BCUT2D eigenvalue weighted by Gasteiger charge is 2.32. The van der Waals surface area contributed by atoms with Crippen LogP contribution in [0.1, 0.15) is 31.7 Å². The second-order valence-electron chi connectivity index (χ2n) is 4.36. The van der Waals surface area contributed by atoms with Gasteiger partial charge in [-0.2, -0.15) is 0 Å². The first-order chi connectivity index (χ1) is 9.01. The Hall–Kier alpha value is -1.07. The molecule has 5 heteroatoms. The summed E-state index contributed by atoms with van der Waals surface area (Å²) in [6.45, 7) is 3.61. The lowest BCUT2D eigenvalue weighted by molar-refractivity contribution is -0.140. The Kier molecular flexibility index (Phi) is 6.31. The van der Waals surface area contributed by atoms with Gasteiger partial charge in [-0.15, -0.1) is 0 Å². The van der Waals surface area contributed by atoms with Gasteiger partial charge in [0.05, 0.1) is 7.11 Å². The molecule has 106 valence electrons. The van der Waals surface area contributed by atoms with Crippen LogP contribution in [0.4, 0.5) is 4.39 Å². The first kappa shape index (κ1) is 16.0. The van der Waals surface area contributed by atoms with Crippen LogP contribution in [-0.2, 0) is 20.7 Å². The number of esters is 1. The van der Waals surface area contributed by atoms with Crippen LogP contribution in [-0.4, -0.2) is 22.9 Å². The summed E-state index contributed by atoms with van der Waals surface area (Å²) in [5.74, 6) is -0.822. The van der Waals surface area contributed by atoms with Crippen molar-refractivity contribution in [2.75, 3.05) is 7.11 Å². The standard InChI is InChI=1S/C14H19FO3S/c1-4-5-6-13(14(16)18-3)19(17)11-7-8-12(15)10(2)9-11/h7-9,13H,4-6H2,1-3H3. The van der Waals surface area contributed by atoms with Crippen molar-refractivity contribution >= 4 is 17.1 Å². The van der Waals surface area contributed by atoms with E-state index in [0.717, 1.165) is 12.8 Å². The second-order valence-corrected chi connectivity index (χ2v) is 6.00. The smallest absolute Gasteiger partial charge is 0.359 e. The molecule has 0 saturated carbocycles. The number of benzene rings is 1. The second kappa shape index (κ2) is 7.50. The van der Waals surface area contributed by atoms with Gasteiger partial charge in [-0.1, -0.05) is 13.3 Å². The quantitative estimate of drug-likeness (QED) is 0.596. The van der Waals surface area contributed by atoms with E-state index in [-0.39, 0.29) is 5.82 Å². The van der Waals surface area contributed by atoms with Gasteiger partial charge in [0.25, 0.3) is 0 Å². The Bertz CT molecular complexity index is 437. The zero-order chi connectivity index (χ0) is 14.4. The summed E-state index contributed by atoms with van der Waals surface area (Å²) >= 11 is -1.51. The number of hydrogen-bond donors (Lipinski definition) is 0. The number of aryl methyl sites for hydroxylation is 1. The fourth-order valence-corrected chi connectivity index (χ4v) is 3.22. The van der Waals surface area contributed by atoms with Crippen LogP contribution in [0.15, 0.2) is 23.1 Å². The third kappa shape index (κ3) is 4.21. The molecule has 2 unspecified atom stereocenters. The van der Waals surface area contributed by atoms with E-state index in [1.807, 2.05) is 6.92 Å². The Morgan fingerprint density at radius 3 is 2.74 bits per heavy atom. The van der Waals surface area contributed by atoms with Crippen molar-refractivity contribution in [1.29, 1.82) is 0 Å². The van der Waals surface area contributed by atoms with E-state index >= 15 is 0 Å². The number of carbonyl (C=O) groups excluding carboxylic acids is 1. The van der Waals surface area contributed by atoms with E-state index in [9.17, 15) is 13.7 Å². The highest BCUT2D eigenvalue weighted by molar-refractivity contribution is 7.92. The Morgan fingerprint density at radius 2 is 2.21 bits per heavy atom. The number of ether oxygens (including phenoxy) is 1. The van der Waals surface area contributed by atoms with Gasteiger partial charge < -0.3 is 9.29 Å². The molecule has 19 heavy (non-hydrogen) atoms. The largest absolute Gasteiger partial charge is 0.611 e. The molecule has 0 aromatic heterocycles. The number of methoxy groups -OCH3 is 1. The lowest BCUT2D eigenvalue weighted by atomic mass is 10.2. The molecule has 3 nitrogen and oxygen atoms in total. The molecular weight excluding hydrogens is 267 g/mol. The van der Waals surface area contributed by atoms with Gasteiger partial charge in [-0.05, 0) is 48.3 Å². The van der Waals surface area contributed by atoms with Gasteiger partial charge >= 0.3 is 5.97 Å². The number of halogens is 1. The molecule has 0 aliphatic rings. The molecule has 0 aliphatic carbocycles. The van der Waals surface area contributed by atoms with Crippen molar-refractivity contribution in [3.05, 3.63) is 29.6 Å². The van der Waals surface area contributed by atoms with Crippen molar-refractivity contribution in [3.63, 3.8) is 0 Å². The van der Waals surface area contributed by atoms with Crippen LogP contribution in [0, 0.1) is 12.7 Å². The summed E-state index contributed by atoms with van der Waals surface area (Å²) in [5, 5.41) is -0.685. The summed E-state index contributed by atoms with van der Waals surface area (Å²) in [4.78, 5) is 12.2. The maximum atomic E-state index is 13.2. The Morgan fingerprint density at radius 1 is 1.53 bits per heavy atom. The van der Waals surface area contributed by atoms with Gasteiger partial charge in [0.15, 0.2) is 4.90 Å². The summed E-state index contributed by atoms with van der Waals surface area (Å²) < 4.78 is 30.3. The fraction of sp³-hybridized carbons (Fsp3) is 0.500. The molecular formula is C14H19FO3S. The lowest BCUT2D eigenvalue weighted by Gasteiger charge is -2.19. The third-order valence-electron chi connectivity index (χ3n) is 2.90. The first-order valence-corrected chi connectivity index (χ1v) is 7.47. The SMILES string of the molecule is CCCCC(C(=O)OC)[S+]([O-])c1ccc(F)c(C)c1. The predicted octanol–water partition coefficient (Wildman–Crippen LogP) is 2.97. The molecule has 0 saturated heterocycles. The third-order valence-corrected chi connectivity index (χ3v) is 4.57. The molecule has 0 amide bonds. The molecule has 1 aromatic rings. The molecule has 0 fully saturated rings. The number of unbranched alkanes of at least 4 members (excludes halogenated alkanes) is 1. The zero-order valence-electron chi connectivity index (χ0n) is 11.4. The van der Waals surface area contributed by atoms with Crippen LogP contribution in [0.2, 0.25) is 0 Å². The van der Waals surface area contributed by atoms with Crippen molar-refractivity contribution < 1.29 is 18.5 Å². The molecule has 0 N–H and O–H groups in total. The van der Waals surface area contributed by atoms with Crippen molar-refractivity contribution in [2.24, 2.45) is 0 Å². The maximum absolute atomic E-state index is 13.2. The fourth-order valence-electron chi connectivity index (χ4n) is 1.74. The zero-order valence-corrected chi connectivity index (χ0v) is 12.3. The molecule has 1 aromatic carbocycles. The van der Waals surface area contributed by atoms with E-state index in [1.54, 1.807) is 6.92 Å². The van der Waals surface area contributed by atoms with Gasteiger partial charge in [-0.3, -0.25) is 0 Å². The molecule has 1 rings (SSSR count). The van der Waals surface area contributed by atoms with E-state index in [2.05, 4.69) is 0 Å². The highest BCUT2D eigenvalue weighted by Crippen LogP contribution is 2.23. The van der Waals surface area contributed by atoms with Crippen LogP contribution in [0.5, 0.6) is 0 Å². The number of rotatable bonds is 6. The van der Waals surface area contributed by atoms with Crippen molar-refractivity contribution in [3.8, 4) is 0 Å². The van der Waals surface area contributed by atoms with Gasteiger partial charge in [-0.25, -0.2) is 9.18 Å². The highest BCUT2D eigenvalue weighted by atomic mass is 32.2. The number of hydrogen-bond acceptors (Lipinski definition) is 3. The van der Waals surface area contributed by atoms with Crippen LogP contribution in [0.25, 0.3) is 0 Å². The van der Waals surface area contributed by atoms with Crippen LogP contribution < -0.4 is 0 Å². The van der Waals surface area contributed by atoms with Crippen LogP contribution in [0.3, 0.4) is 0 Å². The minimum Gasteiger partial charge on any atom is -0.611 e. The summed E-state index contributed by atoms with van der Waals surface area (Å²) in [6, 6.07) is 4.25. The van der Waals surface area contributed by atoms with Gasteiger partial charge in [0.2, 0.25) is 5.25 Å². The molecule has 0 aliphatic heterocycles. The summed E-state index contributed by atoms with van der Waals surface area (Å²) in [6.07, 6.45) is 2.21. The maximum Gasteiger partial charge on any atom is 0.359 e. The molecule has 2 atom stereocenters. The topological polar surface area (TPSA) is 49.4 Å². The minimum absolute atomic E-state index is 0.344. The van der Waals surface area contributed by atoms with Crippen LogP contribution >= 0.6 is 0 Å². The molecule has 0 heterocycles. The number of carbonyl (C=O) groups is 1. The van der Waals surface area contributed by atoms with E-state index in [1.165, 1.54) is 25.3 Å². The van der Waals surface area contributed by atoms with Gasteiger partial charge in [0.1, 0.15) is 5.82 Å². The molecule has 0 bridgehead atoms. The summed E-state index contributed by atoms with van der Waals surface area (Å²) in [5.41, 5.74) is 0.421.